The van der Waals surface area contributed by atoms with Crippen LogP contribution in [0, 0.1) is 5.41 Å². The number of ether oxygens (including phenoxy) is 2. The minimum atomic E-state index is 0.192. The van der Waals surface area contributed by atoms with E-state index in [0.29, 0.717) is 24.0 Å². The van der Waals surface area contributed by atoms with Crippen molar-refractivity contribution >= 4 is 5.91 Å². The summed E-state index contributed by atoms with van der Waals surface area (Å²) in [5.74, 6) is 0.192. The van der Waals surface area contributed by atoms with Gasteiger partial charge in [-0.3, -0.25) is 9.69 Å². The first kappa shape index (κ1) is 19.1. The highest BCUT2D eigenvalue weighted by atomic mass is 16.5. The molecule has 1 unspecified atom stereocenters. The maximum absolute atomic E-state index is 12.2. The number of likely N-dealkylation sites (N-methyl/N-ethyl adjacent to an activating group) is 1. The summed E-state index contributed by atoms with van der Waals surface area (Å²) < 4.78 is 11.0. The lowest BCUT2D eigenvalue weighted by Gasteiger charge is -2.43. The predicted molar refractivity (Wildman–Crippen MR) is 97.6 cm³/mol. The lowest BCUT2D eigenvalue weighted by molar-refractivity contribution is -0.130. The van der Waals surface area contributed by atoms with E-state index in [4.69, 9.17) is 9.47 Å². The van der Waals surface area contributed by atoms with Crippen molar-refractivity contribution in [2.24, 2.45) is 5.41 Å². The Kier molecular flexibility index (Phi) is 6.36. The van der Waals surface area contributed by atoms with Gasteiger partial charge in [0.05, 0.1) is 13.2 Å². The van der Waals surface area contributed by atoms with Crippen LogP contribution in [-0.2, 0) is 14.3 Å². The van der Waals surface area contributed by atoms with Crippen LogP contribution in [0.5, 0.6) is 0 Å². The van der Waals surface area contributed by atoms with Gasteiger partial charge < -0.3 is 19.3 Å². The van der Waals surface area contributed by atoms with Crippen LogP contribution in [0.15, 0.2) is 0 Å². The van der Waals surface area contributed by atoms with Gasteiger partial charge in [0.2, 0.25) is 5.91 Å². The smallest absolute Gasteiger partial charge is 0.236 e. The Hall–Kier alpha value is -0.690. The van der Waals surface area contributed by atoms with Gasteiger partial charge in [0.25, 0.3) is 0 Å². The highest BCUT2D eigenvalue weighted by Gasteiger charge is 2.46. The largest absolute Gasteiger partial charge is 0.383 e. The van der Waals surface area contributed by atoms with Gasteiger partial charge in [0, 0.05) is 53.0 Å². The van der Waals surface area contributed by atoms with Crippen LogP contribution in [0.4, 0.5) is 0 Å². The molecule has 144 valence electrons. The van der Waals surface area contributed by atoms with E-state index in [-0.39, 0.29) is 5.91 Å². The number of hydrogen-bond donors (Lipinski definition) is 0. The molecule has 3 aliphatic heterocycles. The molecule has 0 aliphatic carbocycles. The van der Waals surface area contributed by atoms with Gasteiger partial charge in [-0.15, -0.1) is 0 Å². The number of methoxy groups -OCH3 is 1. The van der Waals surface area contributed by atoms with Crippen molar-refractivity contribution in [2.75, 3.05) is 67.2 Å². The Bertz CT molecular complexity index is 443. The molecule has 0 saturated carbocycles. The van der Waals surface area contributed by atoms with Gasteiger partial charge in [0.1, 0.15) is 0 Å². The van der Waals surface area contributed by atoms with E-state index < -0.39 is 0 Å². The zero-order chi connectivity index (χ0) is 17.9. The van der Waals surface area contributed by atoms with E-state index in [1.807, 2.05) is 14.1 Å². The molecule has 0 aromatic carbocycles. The molecule has 1 spiro atoms. The first-order valence-corrected chi connectivity index (χ1v) is 9.78. The van der Waals surface area contributed by atoms with E-state index in [2.05, 4.69) is 9.80 Å². The third kappa shape index (κ3) is 4.54. The Balaban J connectivity index is 1.57. The van der Waals surface area contributed by atoms with E-state index in [1.54, 1.807) is 12.0 Å². The lowest BCUT2D eigenvalue weighted by atomic mass is 9.76. The topological polar surface area (TPSA) is 45.3 Å². The Morgan fingerprint density at radius 3 is 2.52 bits per heavy atom. The monoisotopic (exact) mass is 353 g/mol. The first-order valence-electron chi connectivity index (χ1n) is 9.78. The Morgan fingerprint density at radius 1 is 1.24 bits per heavy atom. The normalized spacial score (nSPS) is 28.5. The van der Waals surface area contributed by atoms with Crippen LogP contribution in [0.2, 0.25) is 0 Å². The number of nitrogens with zero attached hydrogens (tertiary/aromatic N) is 3. The minimum absolute atomic E-state index is 0.192. The van der Waals surface area contributed by atoms with Crippen LogP contribution >= 0.6 is 0 Å². The van der Waals surface area contributed by atoms with Crippen LogP contribution in [-0.4, -0.2) is 99.9 Å². The van der Waals surface area contributed by atoms with Crippen molar-refractivity contribution in [3.8, 4) is 0 Å². The molecule has 0 aromatic rings. The summed E-state index contributed by atoms with van der Waals surface area (Å²) in [6, 6.07) is 1.09. The van der Waals surface area contributed by atoms with Crippen molar-refractivity contribution in [1.29, 1.82) is 0 Å². The van der Waals surface area contributed by atoms with Crippen LogP contribution in [0.3, 0.4) is 0 Å². The van der Waals surface area contributed by atoms with Crippen LogP contribution in [0.25, 0.3) is 0 Å². The third-order valence-corrected chi connectivity index (χ3v) is 6.49. The molecule has 6 nitrogen and oxygen atoms in total. The molecule has 1 amide bonds. The molecule has 3 aliphatic rings. The Morgan fingerprint density at radius 2 is 1.92 bits per heavy atom. The fraction of sp³-hybridized carbons (Fsp3) is 0.947. The summed E-state index contributed by atoms with van der Waals surface area (Å²) in [6.07, 6.45) is 6.03. The number of carbonyl (C=O) groups excluding carboxylic acids is 1. The maximum atomic E-state index is 12.2. The summed E-state index contributed by atoms with van der Waals surface area (Å²) in [4.78, 5) is 19.0. The number of carbonyl (C=O) groups is 1. The summed E-state index contributed by atoms with van der Waals surface area (Å²) in [5.41, 5.74) is 0.372. The summed E-state index contributed by atoms with van der Waals surface area (Å²) in [5, 5.41) is 0. The Labute approximate surface area is 152 Å². The number of amides is 1. The van der Waals surface area contributed by atoms with E-state index in [1.165, 1.54) is 45.2 Å². The van der Waals surface area contributed by atoms with Crippen molar-refractivity contribution in [2.45, 2.75) is 44.2 Å². The molecule has 0 aromatic heterocycles. The van der Waals surface area contributed by atoms with Crippen molar-refractivity contribution in [1.82, 2.24) is 14.7 Å². The molecule has 25 heavy (non-hydrogen) atoms. The second-order valence-corrected chi connectivity index (χ2v) is 8.39. The van der Waals surface area contributed by atoms with Crippen LogP contribution in [0.1, 0.15) is 32.1 Å². The molecule has 3 heterocycles. The molecule has 1 atom stereocenters. The number of piperidine rings is 1. The second-order valence-electron chi connectivity index (χ2n) is 8.39. The van der Waals surface area contributed by atoms with Crippen molar-refractivity contribution in [3.63, 3.8) is 0 Å². The first-order chi connectivity index (χ1) is 12.0. The van der Waals surface area contributed by atoms with E-state index in [9.17, 15) is 4.79 Å². The van der Waals surface area contributed by atoms with E-state index in [0.717, 1.165) is 26.4 Å². The van der Waals surface area contributed by atoms with Crippen LogP contribution < -0.4 is 0 Å². The van der Waals surface area contributed by atoms with Gasteiger partial charge in [-0.1, -0.05) is 0 Å². The fourth-order valence-electron chi connectivity index (χ4n) is 4.89. The zero-order valence-electron chi connectivity index (χ0n) is 16.2. The highest BCUT2D eigenvalue weighted by molar-refractivity contribution is 5.77. The van der Waals surface area contributed by atoms with Gasteiger partial charge >= 0.3 is 0 Å². The lowest BCUT2D eigenvalue weighted by Crippen LogP contribution is -2.48. The average Bonchev–Trinajstić information content (AvgIpc) is 2.93. The van der Waals surface area contributed by atoms with E-state index >= 15 is 0 Å². The third-order valence-electron chi connectivity index (χ3n) is 6.49. The summed E-state index contributed by atoms with van der Waals surface area (Å²) in [7, 11) is 5.45. The van der Waals surface area contributed by atoms with Gasteiger partial charge in [-0.05, 0) is 50.6 Å². The molecular weight excluding hydrogens is 318 g/mol. The van der Waals surface area contributed by atoms with Gasteiger partial charge in [-0.25, -0.2) is 0 Å². The molecule has 6 heteroatoms. The van der Waals surface area contributed by atoms with Gasteiger partial charge in [0.15, 0.2) is 0 Å². The van der Waals surface area contributed by atoms with Gasteiger partial charge in [-0.2, -0.15) is 0 Å². The number of rotatable bonds is 5. The fourth-order valence-corrected chi connectivity index (χ4v) is 4.89. The molecule has 3 saturated heterocycles. The second kappa shape index (κ2) is 8.33. The average molecular weight is 354 g/mol. The maximum Gasteiger partial charge on any atom is 0.236 e. The van der Waals surface area contributed by atoms with Crippen molar-refractivity contribution in [3.05, 3.63) is 0 Å². The molecule has 3 fully saturated rings. The molecule has 0 radical (unpaired) electrons. The zero-order valence-corrected chi connectivity index (χ0v) is 16.2. The standard InChI is InChI=1S/C19H35N3O3/c1-20(2)18(23)13-22-15-19(12-17(22)14-24-3)6-8-21(9-7-19)16-4-10-25-11-5-16/h16-17H,4-15H2,1-3H3. The predicted octanol–water partition coefficient (Wildman–Crippen LogP) is 1.06. The molecule has 0 bridgehead atoms. The molecule has 3 rings (SSSR count). The van der Waals surface area contributed by atoms with Crippen molar-refractivity contribution < 1.29 is 14.3 Å². The number of hydrogen-bond acceptors (Lipinski definition) is 5. The number of likely N-dealkylation sites (tertiary alicyclic amines) is 2. The quantitative estimate of drug-likeness (QED) is 0.739. The molecular formula is C19H35N3O3. The molecule has 0 N–H and O–H groups in total. The SMILES string of the molecule is COCC1CC2(CCN(C3CCOCC3)CC2)CN1CC(=O)N(C)C. The summed E-state index contributed by atoms with van der Waals surface area (Å²) >= 11 is 0. The summed E-state index contributed by atoms with van der Waals surface area (Å²) in [6.45, 7) is 6.52. The highest BCUT2D eigenvalue weighted by Crippen LogP contribution is 2.44. The minimum Gasteiger partial charge on any atom is -0.383 e.